The minimum Gasteiger partial charge on any atom is -0.496 e. The summed E-state index contributed by atoms with van der Waals surface area (Å²) in [6, 6.07) is 3.35. The first kappa shape index (κ1) is 14.9. The Morgan fingerprint density at radius 1 is 1.19 bits per heavy atom. The number of hydrogen-bond donors (Lipinski definition) is 0. The molecule has 0 fully saturated rings. The van der Waals surface area contributed by atoms with Gasteiger partial charge >= 0.3 is 5.97 Å². The van der Waals surface area contributed by atoms with Crippen LogP contribution in [0.4, 0.5) is 0 Å². The molecule has 0 bridgehead atoms. The third-order valence-corrected chi connectivity index (χ3v) is 3.18. The largest absolute Gasteiger partial charge is 0.496 e. The van der Waals surface area contributed by atoms with Gasteiger partial charge in [0.25, 0.3) is 0 Å². The molecule has 0 aliphatic rings. The highest BCUT2D eigenvalue weighted by molar-refractivity contribution is 5.97. The molecule has 0 saturated carbocycles. The average Bonchev–Trinajstić information content (AvgIpc) is 2.49. The minimum atomic E-state index is -0.648. The fourth-order valence-electron chi connectivity index (χ4n) is 2.26. The van der Waals surface area contributed by atoms with Crippen molar-refractivity contribution in [3.8, 4) is 11.5 Å². The van der Waals surface area contributed by atoms with E-state index in [1.54, 1.807) is 30.7 Å². The molecule has 1 aromatic carbocycles. The lowest BCUT2D eigenvalue weighted by molar-refractivity contribution is 0.0524. The van der Waals surface area contributed by atoms with E-state index in [0.717, 1.165) is 0 Å². The Morgan fingerprint density at radius 2 is 1.81 bits per heavy atom. The monoisotopic (exact) mass is 291 g/mol. The van der Waals surface area contributed by atoms with Crippen LogP contribution in [0.15, 0.2) is 23.1 Å². The molecule has 6 nitrogen and oxygen atoms in total. The predicted octanol–water partition coefficient (Wildman–Crippen LogP) is 1.73. The van der Waals surface area contributed by atoms with Gasteiger partial charge in [0, 0.05) is 13.2 Å². The first-order valence-electron chi connectivity index (χ1n) is 6.46. The molecule has 2 aromatic rings. The SMILES string of the molecule is CCOC(=O)c1cn(C)c2c(OC)ccc(OC)c2c1=O. The van der Waals surface area contributed by atoms with E-state index >= 15 is 0 Å². The van der Waals surface area contributed by atoms with Gasteiger partial charge in [-0.15, -0.1) is 0 Å². The highest BCUT2D eigenvalue weighted by Gasteiger charge is 2.20. The maximum Gasteiger partial charge on any atom is 0.343 e. The van der Waals surface area contributed by atoms with Crippen LogP contribution in [0.25, 0.3) is 10.9 Å². The summed E-state index contributed by atoms with van der Waals surface area (Å²) >= 11 is 0. The molecule has 0 N–H and O–H groups in total. The Morgan fingerprint density at radius 3 is 2.38 bits per heavy atom. The summed E-state index contributed by atoms with van der Waals surface area (Å²) in [5, 5.41) is 0.296. The number of fused-ring (bicyclic) bond motifs is 1. The molecule has 21 heavy (non-hydrogen) atoms. The number of aryl methyl sites for hydroxylation is 1. The third-order valence-electron chi connectivity index (χ3n) is 3.18. The van der Waals surface area contributed by atoms with Crippen LogP contribution in [0.5, 0.6) is 11.5 Å². The summed E-state index contributed by atoms with van der Waals surface area (Å²) in [4.78, 5) is 24.5. The molecule has 0 aliphatic heterocycles. The zero-order valence-corrected chi connectivity index (χ0v) is 12.4. The van der Waals surface area contributed by atoms with Crippen LogP contribution in [0.2, 0.25) is 0 Å². The standard InChI is InChI=1S/C15H17NO5/c1-5-21-15(18)9-8-16(2)13-11(20-4)7-6-10(19-3)12(13)14(9)17/h6-8H,5H2,1-4H3. The molecule has 0 aliphatic carbocycles. The molecule has 0 unspecified atom stereocenters. The molecule has 112 valence electrons. The van der Waals surface area contributed by atoms with E-state index in [1.165, 1.54) is 20.4 Å². The average molecular weight is 291 g/mol. The van der Waals surface area contributed by atoms with E-state index in [1.807, 2.05) is 0 Å². The summed E-state index contributed by atoms with van der Waals surface area (Å²) < 4.78 is 17.1. The zero-order chi connectivity index (χ0) is 15.6. The van der Waals surface area contributed by atoms with Crippen molar-refractivity contribution >= 4 is 16.9 Å². The summed E-state index contributed by atoms with van der Waals surface area (Å²) in [7, 11) is 4.72. The van der Waals surface area contributed by atoms with Gasteiger partial charge in [-0.25, -0.2) is 4.79 Å². The number of nitrogens with zero attached hydrogens (tertiary/aromatic N) is 1. The number of methoxy groups -OCH3 is 2. The Kier molecular flexibility index (Phi) is 4.16. The van der Waals surface area contributed by atoms with Crippen LogP contribution in [0.3, 0.4) is 0 Å². The van der Waals surface area contributed by atoms with E-state index < -0.39 is 11.4 Å². The van der Waals surface area contributed by atoms with Gasteiger partial charge in [0.2, 0.25) is 5.43 Å². The van der Waals surface area contributed by atoms with Crippen LogP contribution >= 0.6 is 0 Å². The van der Waals surface area contributed by atoms with Gasteiger partial charge in [-0.2, -0.15) is 0 Å². The lowest BCUT2D eigenvalue weighted by Gasteiger charge is -2.14. The van der Waals surface area contributed by atoms with E-state index in [4.69, 9.17) is 14.2 Å². The molecule has 0 saturated heterocycles. The lowest BCUT2D eigenvalue weighted by Crippen LogP contribution is -2.21. The van der Waals surface area contributed by atoms with Gasteiger partial charge in [-0.05, 0) is 19.1 Å². The second-order valence-electron chi connectivity index (χ2n) is 4.40. The van der Waals surface area contributed by atoms with Crippen molar-refractivity contribution in [2.45, 2.75) is 6.92 Å². The summed E-state index contributed by atoms with van der Waals surface area (Å²) in [5.74, 6) is 0.267. The molecule has 0 spiro atoms. The number of aromatic nitrogens is 1. The summed E-state index contributed by atoms with van der Waals surface area (Å²) in [6.07, 6.45) is 1.45. The number of carbonyl (C=O) groups excluding carboxylic acids is 1. The second kappa shape index (κ2) is 5.87. The molecular formula is C15H17NO5. The molecule has 2 rings (SSSR count). The maximum atomic E-state index is 12.6. The van der Waals surface area contributed by atoms with Gasteiger partial charge < -0.3 is 18.8 Å². The van der Waals surface area contributed by atoms with Gasteiger partial charge in [0.1, 0.15) is 17.1 Å². The Labute approximate surface area is 121 Å². The first-order chi connectivity index (χ1) is 10.0. The molecule has 6 heteroatoms. The highest BCUT2D eigenvalue weighted by atomic mass is 16.5. The van der Waals surface area contributed by atoms with Crippen LogP contribution < -0.4 is 14.9 Å². The topological polar surface area (TPSA) is 66.8 Å². The number of pyridine rings is 1. The Balaban J connectivity index is 2.88. The van der Waals surface area contributed by atoms with Crippen LogP contribution in [0.1, 0.15) is 17.3 Å². The van der Waals surface area contributed by atoms with Gasteiger partial charge in [-0.1, -0.05) is 0 Å². The minimum absolute atomic E-state index is 0.0293. The first-order valence-corrected chi connectivity index (χ1v) is 6.46. The maximum absolute atomic E-state index is 12.6. The smallest absolute Gasteiger partial charge is 0.343 e. The molecule has 1 heterocycles. The van der Waals surface area contributed by atoms with Crippen molar-refractivity contribution in [1.82, 2.24) is 4.57 Å². The molecule has 0 atom stereocenters. The molecular weight excluding hydrogens is 274 g/mol. The van der Waals surface area contributed by atoms with Crippen molar-refractivity contribution in [2.24, 2.45) is 7.05 Å². The fraction of sp³-hybridized carbons (Fsp3) is 0.333. The predicted molar refractivity (Wildman–Crippen MR) is 78.2 cm³/mol. The van der Waals surface area contributed by atoms with Crippen molar-refractivity contribution in [3.05, 3.63) is 34.1 Å². The van der Waals surface area contributed by atoms with Crippen molar-refractivity contribution in [1.29, 1.82) is 0 Å². The van der Waals surface area contributed by atoms with Gasteiger partial charge in [-0.3, -0.25) is 4.79 Å². The van der Waals surface area contributed by atoms with Crippen LogP contribution in [-0.4, -0.2) is 31.4 Å². The van der Waals surface area contributed by atoms with Gasteiger partial charge in [0.15, 0.2) is 0 Å². The fourth-order valence-corrected chi connectivity index (χ4v) is 2.26. The van der Waals surface area contributed by atoms with E-state index in [0.29, 0.717) is 22.4 Å². The number of carbonyl (C=O) groups is 1. The number of benzene rings is 1. The normalized spacial score (nSPS) is 10.5. The van der Waals surface area contributed by atoms with Crippen LogP contribution in [-0.2, 0) is 11.8 Å². The third kappa shape index (κ3) is 2.44. The quantitative estimate of drug-likeness (QED) is 0.803. The van der Waals surface area contributed by atoms with Crippen molar-refractivity contribution in [3.63, 3.8) is 0 Å². The Hall–Kier alpha value is -2.50. The zero-order valence-electron chi connectivity index (χ0n) is 12.4. The number of hydrogen-bond acceptors (Lipinski definition) is 5. The number of esters is 1. The summed E-state index contributed by atoms with van der Waals surface area (Å²) in [5.41, 5.74) is 0.102. The Bertz CT molecular complexity index is 748. The number of ether oxygens (including phenoxy) is 3. The second-order valence-corrected chi connectivity index (χ2v) is 4.40. The van der Waals surface area contributed by atoms with Crippen LogP contribution in [0, 0.1) is 0 Å². The van der Waals surface area contributed by atoms with Crippen molar-refractivity contribution < 1.29 is 19.0 Å². The van der Waals surface area contributed by atoms with E-state index in [-0.39, 0.29) is 12.2 Å². The van der Waals surface area contributed by atoms with E-state index in [9.17, 15) is 9.59 Å². The number of rotatable bonds is 4. The lowest BCUT2D eigenvalue weighted by atomic mass is 10.1. The van der Waals surface area contributed by atoms with Gasteiger partial charge in [0.05, 0.1) is 31.7 Å². The molecule has 0 radical (unpaired) electrons. The summed E-state index contributed by atoms with van der Waals surface area (Å²) in [6.45, 7) is 1.89. The van der Waals surface area contributed by atoms with E-state index in [2.05, 4.69) is 0 Å². The molecule has 1 aromatic heterocycles. The highest BCUT2D eigenvalue weighted by Crippen LogP contribution is 2.30. The van der Waals surface area contributed by atoms with Crippen molar-refractivity contribution in [2.75, 3.05) is 20.8 Å². The molecule has 0 amide bonds.